The van der Waals surface area contributed by atoms with Crippen LogP contribution in [0.15, 0.2) is 0 Å². The standard InChI is InChI=1S/C11H19NO3/c1-3-12-10(13)8-4-6-9(7-5-8)11(14)15-2/h8-9H,3-7H2,1-2H3,(H,12,13)/t8-,9-. The van der Waals surface area contributed by atoms with Gasteiger partial charge in [-0.05, 0) is 32.6 Å². The van der Waals surface area contributed by atoms with E-state index in [9.17, 15) is 9.59 Å². The van der Waals surface area contributed by atoms with Crippen LogP contribution in [0, 0.1) is 11.8 Å². The molecule has 1 N–H and O–H groups in total. The fraction of sp³-hybridized carbons (Fsp3) is 0.818. The van der Waals surface area contributed by atoms with E-state index in [0.29, 0.717) is 6.54 Å². The third-order valence-corrected chi connectivity index (χ3v) is 2.98. The molecule has 4 nitrogen and oxygen atoms in total. The van der Waals surface area contributed by atoms with Crippen LogP contribution in [0.2, 0.25) is 0 Å². The third-order valence-electron chi connectivity index (χ3n) is 2.98. The first-order chi connectivity index (χ1) is 7.19. The summed E-state index contributed by atoms with van der Waals surface area (Å²) in [5, 5.41) is 2.82. The van der Waals surface area contributed by atoms with Crippen molar-refractivity contribution in [2.75, 3.05) is 13.7 Å². The van der Waals surface area contributed by atoms with Gasteiger partial charge in [0.25, 0.3) is 0 Å². The second-order valence-electron chi connectivity index (χ2n) is 3.97. The Balaban J connectivity index is 2.35. The van der Waals surface area contributed by atoms with Crippen molar-refractivity contribution >= 4 is 11.9 Å². The highest BCUT2D eigenvalue weighted by Crippen LogP contribution is 2.29. The van der Waals surface area contributed by atoms with Gasteiger partial charge in [0, 0.05) is 12.5 Å². The first kappa shape index (κ1) is 12.0. The molecule has 0 heterocycles. The van der Waals surface area contributed by atoms with E-state index in [2.05, 4.69) is 5.32 Å². The first-order valence-electron chi connectivity index (χ1n) is 5.54. The van der Waals surface area contributed by atoms with Crippen molar-refractivity contribution in [1.82, 2.24) is 5.32 Å². The van der Waals surface area contributed by atoms with Gasteiger partial charge in [-0.2, -0.15) is 0 Å². The largest absolute Gasteiger partial charge is 0.469 e. The normalized spacial score (nSPS) is 25.7. The van der Waals surface area contributed by atoms with E-state index in [0.717, 1.165) is 25.7 Å². The van der Waals surface area contributed by atoms with E-state index >= 15 is 0 Å². The van der Waals surface area contributed by atoms with E-state index in [1.807, 2.05) is 6.92 Å². The topological polar surface area (TPSA) is 55.4 Å². The fourth-order valence-electron chi connectivity index (χ4n) is 2.08. The smallest absolute Gasteiger partial charge is 0.308 e. The Morgan fingerprint density at radius 3 is 2.20 bits per heavy atom. The Hall–Kier alpha value is -1.06. The van der Waals surface area contributed by atoms with Crippen molar-refractivity contribution in [1.29, 1.82) is 0 Å². The van der Waals surface area contributed by atoms with E-state index in [1.54, 1.807) is 0 Å². The molecule has 4 heteroatoms. The Labute approximate surface area is 90.4 Å². The Kier molecular flexibility index (Phi) is 4.59. The van der Waals surface area contributed by atoms with Gasteiger partial charge < -0.3 is 10.1 Å². The molecule has 0 atom stereocenters. The molecule has 15 heavy (non-hydrogen) atoms. The van der Waals surface area contributed by atoms with Crippen molar-refractivity contribution in [3.8, 4) is 0 Å². The van der Waals surface area contributed by atoms with Crippen LogP contribution in [0.25, 0.3) is 0 Å². The van der Waals surface area contributed by atoms with Crippen molar-refractivity contribution in [3.63, 3.8) is 0 Å². The summed E-state index contributed by atoms with van der Waals surface area (Å²) in [5.74, 6) is 0.0803. The second kappa shape index (κ2) is 5.73. The minimum absolute atomic E-state index is 0.000626. The second-order valence-corrected chi connectivity index (χ2v) is 3.97. The van der Waals surface area contributed by atoms with Crippen LogP contribution in [-0.2, 0) is 14.3 Å². The average molecular weight is 213 g/mol. The van der Waals surface area contributed by atoms with Crippen LogP contribution in [0.4, 0.5) is 0 Å². The van der Waals surface area contributed by atoms with Gasteiger partial charge in [0.15, 0.2) is 0 Å². The summed E-state index contributed by atoms with van der Waals surface area (Å²) in [4.78, 5) is 22.8. The Morgan fingerprint density at radius 1 is 1.20 bits per heavy atom. The molecular weight excluding hydrogens is 194 g/mol. The molecular formula is C11H19NO3. The molecule has 0 aromatic heterocycles. The van der Waals surface area contributed by atoms with Gasteiger partial charge >= 0.3 is 5.97 Å². The summed E-state index contributed by atoms with van der Waals surface area (Å²) in [6.07, 6.45) is 3.14. The summed E-state index contributed by atoms with van der Waals surface area (Å²) in [6.45, 7) is 2.59. The number of hydrogen-bond donors (Lipinski definition) is 1. The zero-order valence-corrected chi connectivity index (χ0v) is 9.41. The van der Waals surface area contributed by atoms with Gasteiger partial charge in [-0.25, -0.2) is 0 Å². The highest BCUT2D eigenvalue weighted by molar-refractivity contribution is 5.79. The summed E-state index contributed by atoms with van der Waals surface area (Å²) < 4.78 is 4.69. The maximum absolute atomic E-state index is 11.5. The molecule has 0 bridgehead atoms. The number of ether oxygens (including phenoxy) is 1. The van der Waals surface area contributed by atoms with Crippen molar-refractivity contribution in [3.05, 3.63) is 0 Å². The van der Waals surface area contributed by atoms with E-state index in [1.165, 1.54) is 7.11 Å². The number of nitrogens with one attached hydrogen (secondary N) is 1. The predicted molar refractivity (Wildman–Crippen MR) is 56.1 cm³/mol. The van der Waals surface area contributed by atoms with E-state index in [-0.39, 0.29) is 23.7 Å². The molecule has 0 aromatic rings. The van der Waals surface area contributed by atoms with Crippen molar-refractivity contribution in [2.24, 2.45) is 11.8 Å². The quantitative estimate of drug-likeness (QED) is 0.714. The van der Waals surface area contributed by atoms with Crippen molar-refractivity contribution in [2.45, 2.75) is 32.6 Å². The summed E-state index contributed by atoms with van der Waals surface area (Å²) >= 11 is 0. The number of rotatable bonds is 3. The molecule has 1 saturated carbocycles. The van der Waals surface area contributed by atoms with Gasteiger partial charge in [0.1, 0.15) is 0 Å². The zero-order valence-electron chi connectivity index (χ0n) is 9.41. The molecule has 0 aromatic carbocycles. The number of carbonyl (C=O) groups is 2. The highest BCUT2D eigenvalue weighted by atomic mass is 16.5. The minimum atomic E-state index is -0.135. The number of methoxy groups -OCH3 is 1. The van der Waals surface area contributed by atoms with Gasteiger partial charge in [0.05, 0.1) is 13.0 Å². The first-order valence-corrected chi connectivity index (χ1v) is 5.54. The predicted octanol–water partition coefficient (Wildman–Crippen LogP) is 1.10. The number of hydrogen-bond acceptors (Lipinski definition) is 3. The monoisotopic (exact) mass is 213 g/mol. The SMILES string of the molecule is CCNC(=O)[C@H]1CC[C@H](C(=O)OC)CC1. The molecule has 1 aliphatic rings. The van der Waals surface area contributed by atoms with E-state index < -0.39 is 0 Å². The number of amides is 1. The zero-order chi connectivity index (χ0) is 11.3. The van der Waals surface area contributed by atoms with Crippen LogP contribution in [0.5, 0.6) is 0 Å². The Bertz CT molecular complexity index is 232. The lowest BCUT2D eigenvalue weighted by atomic mass is 9.81. The minimum Gasteiger partial charge on any atom is -0.469 e. The summed E-state index contributed by atoms with van der Waals surface area (Å²) in [7, 11) is 1.41. The third kappa shape index (κ3) is 3.22. The van der Waals surface area contributed by atoms with Crippen LogP contribution in [-0.4, -0.2) is 25.5 Å². The average Bonchev–Trinajstić information content (AvgIpc) is 2.28. The maximum Gasteiger partial charge on any atom is 0.308 e. The molecule has 86 valence electrons. The van der Waals surface area contributed by atoms with Crippen LogP contribution >= 0.6 is 0 Å². The molecule has 0 unspecified atom stereocenters. The molecule has 0 aliphatic heterocycles. The molecule has 1 fully saturated rings. The molecule has 0 saturated heterocycles. The van der Waals surface area contributed by atoms with Gasteiger partial charge in [-0.3, -0.25) is 9.59 Å². The van der Waals surface area contributed by atoms with Gasteiger partial charge in [-0.1, -0.05) is 0 Å². The van der Waals surface area contributed by atoms with Crippen LogP contribution < -0.4 is 5.32 Å². The highest BCUT2D eigenvalue weighted by Gasteiger charge is 2.29. The molecule has 0 spiro atoms. The Morgan fingerprint density at radius 2 is 1.73 bits per heavy atom. The molecule has 1 rings (SSSR count). The van der Waals surface area contributed by atoms with E-state index in [4.69, 9.17) is 4.74 Å². The molecule has 1 aliphatic carbocycles. The molecule has 1 amide bonds. The number of carbonyl (C=O) groups excluding carboxylic acids is 2. The molecule has 0 radical (unpaired) electrons. The van der Waals surface area contributed by atoms with Crippen LogP contribution in [0.3, 0.4) is 0 Å². The van der Waals surface area contributed by atoms with Gasteiger partial charge in [0.2, 0.25) is 5.91 Å². The number of esters is 1. The fourth-order valence-corrected chi connectivity index (χ4v) is 2.08. The lowest BCUT2D eigenvalue weighted by Gasteiger charge is -2.25. The van der Waals surface area contributed by atoms with Crippen molar-refractivity contribution < 1.29 is 14.3 Å². The lowest BCUT2D eigenvalue weighted by molar-refractivity contribution is -0.147. The maximum atomic E-state index is 11.5. The summed E-state index contributed by atoms with van der Waals surface area (Å²) in [5.41, 5.74) is 0. The lowest BCUT2D eigenvalue weighted by Crippen LogP contribution is -2.34. The van der Waals surface area contributed by atoms with Gasteiger partial charge in [-0.15, -0.1) is 0 Å². The van der Waals surface area contributed by atoms with Crippen LogP contribution in [0.1, 0.15) is 32.6 Å². The summed E-state index contributed by atoms with van der Waals surface area (Å²) in [6, 6.07) is 0.